The zero-order valence-corrected chi connectivity index (χ0v) is 18.0. The SMILES string of the molecule is CCNC(=NCCc1c(C)nn(C)c1C)NC1CCN(S(=O)(=O)C(F)(F)F)CC1. The van der Waals surface area contributed by atoms with Crippen molar-refractivity contribution in [3.63, 3.8) is 0 Å². The number of aliphatic imine (C=N–C) groups is 1. The van der Waals surface area contributed by atoms with E-state index in [4.69, 9.17) is 0 Å². The van der Waals surface area contributed by atoms with E-state index in [-0.39, 0.29) is 32.0 Å². The predicted molar refractivity (Wildman–Crippen MR) is 105 cm³/mol. The number of nitrogens with one attached hydrogen (secondary N) is 2. The first kappa shape index (κ1) is 23.5. The number of aromatic nitrogens is 2. The highest BCUT2D eigenvalue weighted by molar-refractivity contribution is 7.90. The van der Waals surface area contributed by atoms with Crippen molar-refractivity contribution in [2.24, 2.45) is 12.0 Å². The number of piperidine rings is 1. The fraction of sp³-hybridized carbons (Fsp3) is 0.765. The highest BCUT2D eigenvalue weighted by Crippen LogP contribution is 2.28. The first-order valence-corrected chi connectivity index (χ1v) is 11.0. The van der Waals surface area contributed by atoms with Gasteiger partial charge in [-0.3, -0.25) is 9.67 Å². The zero-order valence-electron chi connectivity index (χ0n) is 17.2. The van der Waals surface area contributed by atoms with Crippen LogP contribution < -0.4 is 10.6 Å². The van der Waals surface area contributed by atoms with Crippen LogP contribution >= 0.6 is 0 Å². The summed E-state index contributed by atoms with van der Waals surface area (Å²) in [6.45, 7) is 6.71. The van der Waals surface area contributed by atoms with Crippen molar-refractivity contribution >= 4 is 16.0 Å². The van der Waals surface area contributed by atoms with Crippen LogP contribution in [0.2, 0.25) is 0 Å². The molecule has 166 valence electrons. The molecule has 2 heterocycles. The van der Waals surface area contributed by atoms with Crippen LogP contribution in [0, 0.1) is 13.8 Å². The van der Waals surface area contributed by atoms with E-state index in [1.165, 1.54) is 0 Å². The van der Waals surface area contributed by atoms with Crippen molar-refractivity contribution in [3.8, 4) is 0 Å². The highest BCUT2D eigenvalue weighted by atomic mass is 32.2. The second-order valence-electron chi connectivity index (χ2n) is 7.05. The number of alkyl halides is 3. The van der Waals surface area contributed by atoms with Gasteiger partial charge in [0, 0.05) is 45.0 Å². The van der Waals surface area contributed by atoms with E-state index >= 15 is 0 Å². The molecule has 0 radical (unpaired) electrons. The summed E-state index contributed by atoms with van der Waals surface area (Å²) in [6, 6.07) is -0.144. The fourth-order valence-corrected chi connectivity index (χ4v) is 4.34. The van der Waals surface area contributed by atoms with E-state index in [9.17, 15) is 21.6 Å². The summed E-state index contributed by atoms with van der Waals surface area (Å²) >= 11 is 0. The Morgan fingerprint density at radius 1 is 1.28 bits per heavy atom. The van der Waals surface area contributed by atoms with Crippen molar-refractivity contribution in [3.05, 3.63) is 17.0 Å². The molecule has 0 aromatic carbocycles. The summed E-state index contributed by atoms with van der Waals surface area (Å²) in [5.74, 6) is 0.573. The van der Waals surface area contributed by atoms with Gasteiger partial charge in [0.2, 0.25) is 0 Å². The van der Waals surface area contributed by atoms with Crippen LogP contribution in [0.1, 0.15) is 36.7 Å². The molecule has 1 aliphatic rings. The van der Waals surface area contributed by atoms with Gasteiger partial charge in [-0.15, -0.1) is 0 Å². The summed E-state index contributed by atoms with van der Waals surface area (Å²) in [5.41, 5.74) is -2.05. The van der Waals surface area contributed by atoms with E-state index in [1.807, 2.05) is 32.5 Å². The summed E-state index contributed by atoms with van der Waals surface area (Å²) in [7, 11) is -3.37. The largest absolute Gasteiger partial charge is 0.511 e. The third kappa shape index (κ3) is 5.62. The molecule has 1 aromatic rings. The van der Waals surface area contributed by atoms with Gasteiger partial charge >= 0.3 is 15.5 Å². The number of sulfonamides is 1. The molecule has 0 bridgehead atoms. The van der Waals surface area contributed by atoms with Crippen molar-refractivity contribution in [2.75, 3.05) is 26.2 Å². The minimum Gasteiger partial charge on any atom is -0.357 e. The van der Waals surface area contributed by atoms with Gasteiger partial charge in [-0.05, 0) is 45.6 Å². The monoisotopic (exact) mass is 438 g/mol. The number of aryl methyl sites for hydroxylation is 2. The van der Waals surface area contributed by atoms with Gasteiger partial charge in [0.1, 0.15) is 0 Å². The number of hydrogen-bond donors (Lipinski definition) is 2. The van der Waals surface area contributed by atoms with E-state index in [1.54, 1.807) is 0 Å². The Morgan fingerprint density at radius 3 is 2.38 bits per heavy atom. The Bertz CT molecular complexity index is 827. The Labute approximate surface area is 169 Å². The van der Waals surface area contributed by atoms with Gasteiger partial charge in [0.25, 0.3) is 0 Å². The first-order chi connectivity index (χ1) is 13.5. The van der Waals surface area contributed by atoms with Crippen LogP contribution in [-0.4, -0.2) is 66.2 Å². The molecule has 1 fully saturated rings. The summed E-state index contributed by atoms with van der Waals surface area (Å²) in [4.78, 5) is 4.55. The standard InChI is InChI=1S/C17H29F3N6O2S/c1-5-21-16(22-9-6-15-12(2)24-25(4)13(15)3)23-14-7-10-26(11-8-14)29(27,28)17(18,19)20/h14H,5-11H2,1-4H3,(H2,21,22,23). The Morgan fingerprint density at radius 2 is 1.90 bits per heavy atom. The highest BCUT2D eigenvalue weighted by Gasteiger charge is 2.50. The third-order valence-electron chi connectivity index (χ3n) is 5.06. The molecule has 0 saturated carbocycles. The quantitative estimate of drug-likeness (QED) is 0.518. The number of nitrogens with zero attached hydrogens (tertiary/aromatic N) is 4. The second kappa shape index (κ2) is 9.33. The molecule has 1 saturated heterocycles. The van der Waals surface area contributed by atoms with Crippen LogP contribution in [0.3, 0.4) is 0 Å². The van der Waals surface area contributed by atoms with Gasteiger partial charge in [0.05, 0.1) is 5.69 Å². The van der Waals surface area contributed by atoms with Gasteiger partial charge in [-0.2, -0.15) is 22.6 Å². The molecule has 29 heavy (non-hydrogen) atoms. The Balaban J connectivity index is 1.93. The molecule has 0 unspecified atom stereocenters. The number of guanidine groups is 1. The minimum absolute atomic E-state index is 0.144. The number of hydrogen-bond acceptors (Lipinski definition) is 4. The van der Waals surface area contributed by atoms with Crippen LogP contribution in [0.5, 0.6) is 0 Å². The lowest BCUT2D eigenvalue weighted by Gasteiger charge is -2.32. The molecule has 12 heteroatoms. The van der Waals surface area contributed by atoms with Gasteiger partial charge in [-0.1, -0.05) is 0 Å². The third-order valence-corrected chi connectivity index (χ3v) is 6.69. The van der Waals surface area contributed by atoms with E-state index < -0.39 is 15.5 Å². The van der Waals surface area contributed by atoms with Crippen LogP contribution in [0.15, 0.2) is 4.99 Å². The van der Waals surface area contributed by atoms with E-state index in [2.05, 4.69) is 20.7 Å². The Kier molecular flexibility index (Phi) is 7.55. The molecule has 1 aliphatic heterocycles. The molecule has 0 spiro atoms. The molecule has 1 aromatic heterocycles. The average Bonchev–Trinajstić information content (AvgIpc) is 2.87. The zero-order chi connectivity index (χ0) is 21.8. The molecule has 2 N–H and O–H groups in total. The molecule has 0 amide bonds. The second-order valence-corrected chi connectivity index (χ2v) is 8.98. The lowest BCUT2D eigenvalue weighted by molar-refractivity contribution is -0.0494. The lowest BCUT2D eigenvalue weighted by atomic mass is 10.1. The van der Waals surface area contributed by atoms with Gasteiger partial charge in [0.15, 0.2) is 5.96 Å². The lowest BCUT2D eigenvalue weighted by Crippen LogP contribution is -2.51. The molecular weight excluding hydrogens is 409 g/mol. The van der Waals surface area contributed by atoms with Gasteiger partial charge in [-0.25, -0.2) is 8.42 Å². The molecule has 0 atom stereocenters. The number of halogens is 3. The molecule has 0 aliphatic carbocycles. The van der Waals surface area contributed by atoms with Crippen molar-refractivity contribution in [1.29, 1.82) is 0 Å². The molecule has 2 rings (SSSR count). The first-order valence-electron chi connectivity index (χ1n) is 9.57. The normalized spacial score (nSPS) is 17.6. The van der Waals surface area contributed by atoms with E-state index in [0.717, 1.165) is 23.4 Å². The summed E-state index contributed by atoms with van der Waals surface area (Å²) in [5, 5.41) is 10.7. The summed E-state index contributed by atoms with van der Waals surface area (Å²) < 4.78 is 63.4. The summed E-state index contributed by atoms with van der Waals surface area (Å²) in [6.07, 6.45) is 1.28. The van der Waals surface area contributed by atoms with Crippen molar-refractivity contribution in [1.82, 2.24) is 24.7 Å². The van der Waals surface area contributed by atoms with Crippen LogP contribution in [0.4, 0.5) is 13.2 Å². The Hall–Kier alpha value is -1.82. The van der Waals surface area contributed by atoms with Gasteiger partial charge < -0.3 is 10.6 Å². The van der Waals surface area contributed by atoms with Crippen LogP contribution in [0.25, 0.3) is 0 Å². The fourth-order valence-electron chi connectivity index (χ4n) is 3.36. The molecular formula is C17H29F3N6O2S. The van der Waals surface area contributed by atoms with Crippen molar-refractivity contribution < 1.29 is 21.6 Å². The van der Waals surface area contributed by atoms with E-state index in [0.29, 0.717) is 23.4 Å². The smallest absolute Gasteiger partial charge is 0.357 e. The van der Waals surface area contributed by atoms with Crippen molar-refractivity contribution in [2.45, 2.75) is 51.6 Å². The topological polar surface area (TPSA) is 91.6 Å². The maximum Gasteiger partial charge on any atom is 0.511 e. The number of rotatable bonds is 6. The maximum atomic E-state index is 12.7. The minimum atomic E-state index is -5.26. The average molecular weight is 439 g/mol. The predicted octanol–water partition coefficient (Wildman–Crippen LogP) is 1.45. The van der Waals surface area contributed by atoms with Crippen LogP contribution in [-0.2, 0) is 23.5 Å². The maximum absolute atomic E-state index is 12.7. The molecule has 8 nitrogen and oxygen atoms in total.